The summed E-state index contributed by atoms with van der Waals surface area (Å²) < 4.78 is 0. The molecule has 1 aromatic heterocycles. The first-order valence-electron chi connectivity index (χ1n) is 6.23. The average Bonchev–Trinajstić information content (AvgIpc) is 2.35. The maximum Gasteiger partial charge on any atom is 0.0705 e. The maximum atomic E-state index is 9.56. The van der Waals surface area contributed by atoms with Crippen molar-refractivity contribution < 1.29 is 5.11 Å². The Hall–Kier alpha value is -1.41. The molecule has 1 unspecified atom stereocenters. The van der Waals surface area contributed by atoms with Crippen LogP contribution in [0.15, 0.2) is 30.3 Å². The minimum Gasteiger partial charge on any atom is -0.393 e. The van der Waals surface area contributed by atoms with Gasteiger partial charge in [-0.2, -0.15) is 0 Å². The quantitative estimate of drug-likeness (QED) is 0.873. The Morgan fingerprint density at radius 1 is 1.24 bits per heavy atom. The molecule has 2 nitrogen and oxygen atoms in total. The van der Waals surface area contributed by atoms with Gasteiger partial charge in [0.05, 0.1) is 11.6 Å². The van der Waals surface area contributed by atoms with Crippen molar-refractivity contribution >= 4 is 10.9 Å². The molecule has 0 bridgehead atoms. The molecule has 2 aromatic rings. The number of aliphatic hydroxyl groups is 1. The van der Waals surface area contributed by atoms with Crippen molar-refractivity contribution in [3.05, 3.63) is 41.6 Å². The molecule has 0 aliphatic carbocycles. The molecule has 1 aromatic carbocycles. The third-order valence-electron chi connectivity index (χ3n) is 3.13. The summed E-state index contributed by atoms with van der Waals surface area (Å²) in [5, 5.41) is 10.7. The molecule has 0 fully saturated rings. The highest BCUT2D eigenvalue weighted by atomic mass is 16.3. The molecule has 1 heterocycles. The first-order chi connectivity index (χ1) is 8.19. The summed E-state index contributed by atoms with van der Waals surface area (Å²) in [7, 11) is 0. The van der Waals surface area contributed by atoms with E-state index in [4.69, 9.17) is 0 Å². The van der Waals surface area contributed by atoms with Crippen LogP contribution in [-0.2, 0) is 6.42 Å². The van der Waals surface area contributed by atoms with Crippen molar-refractivity contribution in [3.8, 4) is 0 Å². The van der Waals surface area contributed by atoms with Crippen molar-refractivity contribution in [3.63, 3.8) is 0 Å². The molecule has 0 spiro atoms. The van der Waals surface area contributed by atoms with Gasteiger partial charge in [0.2, 0.25) is 0 Å². The van der Waals surface area contributed by atoms with Gasteiger partial charge in [-0.3, -0.25) is 4.98 Å². The molecular formula is C15H19NO. The predicted octanol–water partition coefficient (Wildman–Crippen LogP) is 3.25. The molecule has 0 saturated heterocycles. The number of aliphatic hydroxyl groups excluding tert-OH is 1. The molecule has 2 rings (SSSR count). The van der Waals surface area contributed by atoms with Crippen LogP contribution in [0.25, 0.3) is 10.9 Å². The first kappa shape index (κ1) is 12.1. The summed E-state index contributed by atoms with van der Waals surface area (Å²) in [5.74, 6) is 0. The van der Waals surface area contributed by atoms with Crippen LogP contribution in [0.3, 0.4) is 0 Å². The molecule has 0 aliphatic rings. The zero-order chi connectivity index (χ0) is 12.3. The van der Waals surface area contributed by atoms with Gasteiger partial charge >= 0.3 is 0 Å². The SMILES string of the molecule is CCC(O)CCc1ccc2nc(C)ccc2c1. The Bertz CT molecular complexity index is 507. The lowest BCUT2D eigenvalue weighted by molar-refractivity contribution is 0.160. The number of benzene rings is 1. The second-order valence-electron chi connectivity index (χ2n) is 4.58. The number of hydrogen-bond donors (Lipinski definition) is 1. The fraction of sp³-hybridized carbons (Fsp3) is 0.400. The summed E-state index contributed by atoms with van der Waals surface area (Å²) in [5.41, 5.74) is 3.37. The Labute approximate surface area is 102 Å². The van der Waals surface area contributed by atoms with Crippen LogP contribution in [0.2, 0.25) is 0 Å². The number of aryl methyl sites for hydroxylation is 2. The minimum absolute atomic E-state index is 0.179. The zero-order valence-electron chi connectivity index (χ0n) is 10.5. The van der Waals surface area contributed by atoms with Crippen molar-refractivity contribution in [2.45, 2.75) is 39.2 Å². The lowest BCUT2D eigenvalue weighted by Gasteiger charge is -2.08. The number of pyridine rings is 1. The van der Waals surface area contributed by atoms with Crippen molar-refractivity contribution in [1.29, 1.82) is 0 Å². The Morgan fingerprint density at radius 2 is 2.06 bits per heavy atom. The Kier molecular flexibility index (Phi) is 3.75. The van der Waals surface area contributed by atoms with E-state index in [1.165, 1.54) is 10.9 Å². The maximum absolute atomic E-state index is 9.56. The van der Waals surface area contributed by atoms with Gasteiger partial charge in [-0.05, 0) is 49.9 Å². The molecule has 2 heteroatoms. The minimum atomic E-state index is -0.179. The van der Waals surface area contributed by atoms with E-state index in [-0.39, 0.29) is 6.10 Å². The summed E-state index contributed by atoms with van der Waals surface area (Å²) in [6, 6.07) is 10.5. The van der Waals surface area contributed by atoms with Crippen LogP contribution < -0.4 is 0 Å². The average molecular weight is 229 g/mol. The fourth-order valence-corrected chi connectivity index (χ4v) is 1.97. The van der Waals surface area contributed by atoms with E-state index in [2.05, 4.69) is 29.2 Å². The second kappa shape index (κ2) is 5.28. The molecule has 90 valence electrons. The van der Waals surface area contributed by atoms with Gasteiger partial charge in [-0.25, -0.2) is 0 Å². The summed E-state index contributed by atoms with van der Waals surface area (Å²) >= 11 is 0. The fourth-order valence-electron chi connectivity index (χ4n) is 1.97. The van der Waals surface area contributed by atoms with E-state index < -0.39 is 0 Å². The van der Waals surface area contributed by atoms with Gasteiger partial charge < -0.3 is 5.11 Å². The molecule has 0 aliphatic heterocycles. The van der Waals surface area contributed by atoms with Crippen molar-refractivity contribution in [2.24, 2.45) is 0 Å². The lowest BCUT2D eigenvalue weighted by atomic mass is 10.0. The van der Waals surface area contributed by atoms with Crippen molar-refractivity contribution in [1.82, 2.24) is 4.98 Å². The third-order valence-corrected chi connectivity index (χ3v) is 3.13. The van der Waals surface area contributed by atoms with Crippen LogP contribution in [-0.4, -0.2) is 16.2 Å². The molecular weight excluding hydrogens is 210 g/mol. The van der Waals surface area contributed by atoms with Gasteiger partial charge in [0.1, 0.15) is 0 Å². The topological polar surface area (TPSA) is 33.1 Å². The van der Waals surface area contributed by atoms with Crippen LogP contribution in [0.5, 0.6) is 0 Å². The van der Waals surface area contributed by atoms with Crippen LogP contribution in [0.4, 0.5) is 0 Å². The highest BCUT2D eigenvalue weighted by molar-refractivity contribution is 5.79. The van der Waals surface area contributed by atoms with Gasteiger partial charge in [0.15, 0.2) is 0 Å². The highest BCUT2D eigenvalue weighted by Crippen LogP contribution is 2.16. The van der Waals surface area contributed by atoms with Crippen LogP contribution in [0.1, 0.15) is 31.0 Å². The molecule has 1 N–H and O–H groups in total. The van der Waals surface area contributed by atoms with Crippen LogP contribution >= 0.6 is 0 Å². The monoisotopic (exact) mass is 229 g/mol. The summed E-state index contributed by atoms with van der Waals surface area (Å²) in [6.07, 6.45) is 2.41. The molecule has 1 atom stereocenters. The standard InChI is InChI=1S/C15H19NO/c1-3-14(17)8-5-12-6-9-15-13(10-12)7-4-11(2)16-15/h4,6-7,9-10,14,17H,3,5,8H2,1-2H3. The number of nitrogens with zero attached hydrogens (tertiary/aromatic N) is 1. The third kappa shape index (κ3) is 3.04. The molecule has 17 heavy (non-hydrogen) atoms. The predicted molar refractivity (Wildman–Crippen MR) is 71.1 cm³/mol. The van der Waals surface area contributed by atoms with Gasteiger partial charge in [-0.1, -0.05) is 19.1 Å². The van der Waals surface area contributed by atoms with Gasteiger partial charge in [-0.15, -0.1) is 0 Å². The largest absolute Gasteiger partial charge is 0.393 e. The molecule has 0 amide bonds. The number of aromatic nitrogens is 1. The normalized spacial score (nSPS) is 12.9. The molecule has 0 saturated carbocycles. The summed E-state index contributed by atoms with van der Waals surface area (Å²) in [6.45, 7) is 4.02. The lowest BCUT2D eigenvalue weighted by Crippen LogP contribution is -2.05. The summed E-state index contributed by atoms with van der Waals surface area (Å²) in [4.78, 5) is 4.48. The van der Waals surface area contributed by atoms with E-state index in [0.717, 1.165) is 30.5 Å². The zero-order valence-corrected chi connectivity index (χ0v) is 10.5. The Balaban J connectivity index is 2.17. The van der Waals surface area contributed by atoms with E-state index in [1.807, 2.05) is 19.9 Å². The van der Waals surface area contributed by atoms with Crippen LogP contribution in [0, 0.1) is 6.92 Å². The molecule has 0 radical (unpaired) electrons. The number of fused-ring (bicyclic) bond motifs is 1. The van der Waals surface area contributed by atoms with Crippen molar-refractivity contribution in [2.75, 3.05) is 0 Å². The second-order valence-corrected chi connectivity index (χ2v) is 4.58. The van der Waals surface area contributed by atoms with Gasteiger partial charge in [0, 0.05) is 11.1 Å². The van der Waals surface area contributed by atoms with Gasteiger partial charge in [0.25, 0.3) is 0 Å². The van der Waals surface area contributed by atoms with E-state index in [9.17, 15) is 5.11 Å². The van der Waals surface area contributed by atoms with E-state index in [1.54, 1.807) is 0 Å². The smallest absolute Gasteiger partial charge is 0.0705 e. The van der Waals surface area contributed by atoms with E-state index >= 15 is 0 Å². The number of rotatable bonds is 4. The number of hydrogen-bond acceptors (Lipinski definition) is 2. The Morgan fingerprint density at radius 3 is 2.82 bits per heavy atom. The van der Waals surface area contributed by atoms with E-state index in [0.29, 0.717) is 0 Å². The first-order valence-corrected chi connectivity index (χ1v) is 6.23. The highest BCUT2D eigenvalue weighted by Gasteiger charge is 2.03.